The SMILES string of the molecule is CCOCCCNCC(=O)N(Cc1cccn1Cc1ccccc1Cl)CC(C)C. The summed E-state index contributed by atoms with van der Waals surface area (Å²) in [5.41, 5.74) is 2.18. The molecule has 0 radical (unpaired) electrons. The second-order valence-corrected chi connectivity index (χ2v) is 8.02. The molecule has 0 saturated carbocycles. The Balaban J connectivity index is 1.97. The first kappa shape index (κ1) is 23.5. The van der Waals surface area contributed by atoms with Crippen LogP contribution >= 0.6 is 11.6 Å². The van der Waals surface area contributed by atoms with Crippen molar-refractivity contribution in [2.45, 2.75) is 40.3 Å². The Bertz CT molecular complexity index is 745. The van der Waals surface area contributed by atoms with Crippen LogP contribution in [0.15, 0.2) is 42.6 Å². The standard InChI is InChI=1S/C23H34ClN3O2/c1-4-29-14-8-12-25-15-23(28)27(16-19(2)3)18-21-10-7-13-26(21)17-20-9-5-6-11-22(20)24/h5-7,9-11,13,19,25H,4,8,12,14-18H2,1-3H3. The Morgan fingerprint density at radius 3 is 2.76 bits per heavy atom. The average molecular weight is 420 g/mol. The highest BCUT2D eigenvalue weighted by molar-refractivity contribution is 6.31. The second kappa shape index (κ2) is 12.7. The van der Waals surface area contributed by atoms with E-state index in [2.05, 4.69) is 29.8 Å². The van der Waals surface area contributed by atoms with Crippen LogP contribution in [0.1, 0.15) is 38.4 Å². The van der Waals surface area contributed by atoms with E-state index in [0.717, 1.165) is 49.0 Å². The molecule has 2 aromatic rings. The normalized spacial score (nSPS) is 11.2. The van der Waals surface area contributed by atoms with Crippen LogP contribution in [0.4, 0.5) is 0 Å². The van der Waals surface area contributed by atoms with Gasteiger partial charge in [0.25, 0.3) is 0 Å². The molecule has 1 N–H and O–H groups in total. The maximum atomic E-state index is 12.8. The molecule has 0 aliphatic rings. The summed E-state index contributed by atoms with van der Waals surface area (Å²) in [6.45, 7) is 10.9. The van der Waals surface area contributed by atoms with Crippen LogP contribution in [-0.4, -0.2) is 48.2 Å². The molecule has 1 aromatic heterocycles. The van der Waals surface area contributed by atoms with Crippen molar-refractivity contribution in [2.24, 2.45) is 5.92 Å². The van der Waals surface area contributed by atoms with E-state index in [4.69, 9.17) is 16.3 Å². The molecular formula is C23H34ClN3O2. The minimum atomic E-state index is 0.126. The number of benzene rings is 1. The van der Waals surface area contributed by atoms with Gasteiger partial charge >= 0.3 is 0 Å². The lowest BCUT2D eigenvalue weighted by atomic mass is 10.2. The minimum Gasteiger partial charge on any atom is -0.382 e. The molecule has 6 heteroatoms. The monoisotopic (exact) mass is 419 g/mol. The van der Waals surface area contributed by atoms with Gasteiger partial charge in [0.15, 0.2) is 0 Å². The third-order valence-electron chi connectivity index (χ3n) is 4.64. The molecule has 5 nitrogen and oxygen atoms in total. The third kappa shape index (κ3) is 8.21. The Morgan fingerprint density at radius 1 is 1.24 bits per heavy atom. The lowest BCUT2D eigenvalue weighted by Gasteiger charge is -2.26. The number of carbonyl (C=O) groups is 1. The van der Waals surface area contributed by atoms with E-state index in [9.17, 15) is 4.79 Å². The fourth-order valence-corrected chi connectivity index (χ4v) is 3.39. The molecule has 0 spiro atoms. The van der Waals surface area contributed by atoms with Gasteiger partial charge in [-0.15, -0.1) is 0 Å². The second-order valence-electron chi connectivity index (χ2n) is 7.61. The van der Waals surface area contributed by atoms with Crippen molar-refractivity contribution in [2.75, 3.05) is 32.8 Å². The molecule has 0 aliphatic heterocycles. The van der Waals surface area contributed by atoms with Crippen LogP contribution in [0, 0.1) is 5.92 Å². The van der Waals surface area contributed by atoms with E-state index in [1.807, 2.05) is 48.4 Å². The lowest BCUT2D eigenvalue weighted by Crippen LogP contribution is -2.40. The number of hydrogen-bond donors (Lipinski definition) is 1. The van der Waals surface area contributed by atoms with Crippen molar-refractivity contribution in [1.82, 2.24) is 14.8 Å². The van der Waals surface area contributed by atoms with Crippen molar-refractivity contribution in [3.05, 3.63) is 58.9 Å². The van der Waals surface area contributed by atoms with Crippen LogP contribution in [0.3, 0.4) is 0 Å². The predicted molar refractivity (Wildman–Crippen MR) is 119 cm³/mol. The zero-order valence-electron chi connectivity index (χ0n) is 17.9. The van der Waals surface area contributed by atoms with Gasteiger partial charge in [0.1, 0.15) is 0 Å². The molecular weight excluding hydrogens is 386 g/mol. The number of aromatic nitrogens is 1. The molecule has 0 unspecified atom stereocenters. The van der Waals surface area contributed by atoms with E-state index in [-0.39, 0.29) is 5.91 Å². The Kier molecular flexibility index (Phi) is 10.3. The number of amides is 1. The quantitative estimate of drug-likeness (QED) is 0.495. The molecule has 0 aliphatic carbocycles. The number of rotatable bonds is 13. The summed E-state index contributed by atoms with van der Waals surface area (Å²) < 4.78 is 7.50. The van der Waals surface area contributed by atoms with Gasteiger partial charge in [-0.05, 0) is 49.6 Å². The lowest BCUT2D eigenvalue weighted by molar-refractivity contribution is -0.131. The summed E-state index contributed by atoms with van der Waals surface area (Å²) in [5, 5.41) is 4.01. The molecule has 0 saturated heterocycles. The van der Waals surface area contributed by atoms with Crippen molar-refractivity contribution >= 4 is 17.5 Å². The number of carbonyl (C=O) groups excluding carboxylic acids is 1. The number of hydrogen-bond acceptors (Lipinski definition) is 3. The summed E-state index contributed by atoms with van der Waals surface area (Å²) in [4.78, 5) is 14.8. The topological polar surface area (TPSA) is 46.5 Å². The predicted octanol–water partition coefficient (Wildman–Crippen LogP) is 4.19. The highest BCUT2D eigenvalue weighted by Gasteiger charge is 2.17. The fourth-order valence-electron chi connectivity index (χ4n) is 3.20. The Morgan fingerprint density at radius 2 is 2.03 bits per heavy atom. The zero-order valence-corrected chi connectivity index (χ0v) is 18.6. The van der Waals surface area contributed by atoms with Gasteiger partial charge in [0.2, 0.25) is 5.91 Å². The first-order valence-electron chi connectivity index (χ1n) is 10.4. The fraction of sp³-hybridized carbons (Fsp3) is 0.522. The first-order chi connectivity index (χ1) is 14.0. The van der Waals surface area contributed by atoms with Crippen LogP contribution in [0.2, 0.25) is 5.02 Å². The molecule has 0 atom stereocenters. The van der Waals surface area contributed by atoms with Crippen LogP contribution in [0.5, 0.6) is 0 Å². The molecule has 1 amide bonds. The molecule has 2 rings (SSSR count). The Labute approximate surface area is 180 Å². The van der Waals surface area contributed by atoms with Gasteiger partial charge in [-0.2, -0.15) is 0 Å². The third-order valence-corrected chi connectivity index (χ3v) is 5.00. The van der Waals surface area contributed by atoms with Gasteiger partial charge in [-0.1, -0.05) is 43.6 Å². The van der Waals surface area contributed by atoms with Gasteiger partial charge in [0.05, 0.1) is 13.1 Å². The largest absolute Gasteiger partial charge is 0.382 e. The Hall–Kier alpha value is -1.82. The molecule has 29 heavy (non-hydrogen) atoms. The molecule has 1 heterocycles. The maximum absolute atomic E-state index is 12.8. The highest BCUT2D eigenvalue weighted by Crippen LogP contribution is 2.18. The number of nitrogens with one attached hydrogen (secondary N) is 1. The summed E-state index contributed by atoms with van der Waals surface area (Å²) in [5.74, 6) is 0.532. The maximum Gasteiger partial charge on any atom is 0.236 e. The van der Waals surface area contributed by atoms with Crippen molar-refractivity contribution in [3.63, 3.8) is 0 Å². The van der Waals surface area contributed by atoms with Crippen LogP contribution in [0.25, 0.3) is 0 Å². The number of nitrogens with zero attached hydrogens (tertiary/aromatic N) is 2. The molecule has 0 bridgehead atoms. The van der Waals surface area contributed by atoms with E-state index in [1.54, 1.807) is 0 Å². The summed E-state index contributed by atoms with van der Waals surface area (Å²) in [7, 11) is 0. The number of ether oxygens (including phenoxy) is 1. The highest BCUT2D eigenvalue weighted by atomic mass is 35.5. The summed E-state index contributed by atoms with van der Waals surface area (Å²) in [6.07, 6.45) is 2.95. The number of halogens is 1. The van der Waals surface area contributed by atoms with Gasteiger partial charge in [-0.3, -0.25) is 4.79 Å². The van der Waals surface area contributed by atoms with Gasteiger partial charge < -0.3 is 19.5 Å². The smallest absolute Gasteiger partial charge is 0.236 e. The van der Waals surface area contributed by atoms with E-state index in [1.165, 1.54) is 0 Å². The van der Waals surface area contributed by atoms with E-state index >= 15 is 0 Å². The van der Waals surface area contributed by atoms with E-state index in [0.29, 0.717) is 25.6 Å². The molecule has 160 valence electrons. The first-order valence-corrected chi connectivity index (χ1v) is 10.8. The molecule has 0 fully saturated rings. The van der Waals surface area contributed by atoms with Gasteiger partial charge in [0, 0.05) is 43.2 Å². The van der Waals surface area contributed by atoms with Crippen molar-refractivity contribution < 1.29 is 9.53 Å². The molecule has 1 aromatic carbocycles. The summed E-state index contributed by atoms with van der Waals surface area (Å²) in [6, 6.07) is 12.0. The van der Waals surface area contributed by atoms with E-state index < -0.39 is 0 Å². The average Bonchev–Trinajstić information content (AvgIpc) is 3.12. The van der Waals surface area contributed by atoms with Crippen molar-refractivity contribution in [3.8, 4) is 0 Å². The zero-order chi connectivity index (χ0) is 21.1. The van der Waals surface area contributed by atoms with Crippen LogP contribution in [-0.2, 0) is 22.6 Å². The van der Waals surface area contributed by atoms with Gasteiger partial charge in [-0.25, -0.2) is 0 Å². The van der Waals surface area contributed by atoms with Crippen LogP contribution < -0.4 is 5.32 Å². The minimum absolute atomic E-state index is 0.126. The summed E-state index contributed by atoms with van der Waals surface area (Å²) >= 11 is 6.33. The van der Waals surface area contributed by atoms with Crippen molar-refractivity contribution in [1.29, 1.82) is 0 Å².